The Morgan fingerprint density at radius 3 is 2.52 bits per heavy atom. The maximum Gasteiger partial charge on any atom is 0.124 e. The summed E-state index contributed by atoms with van der Waals surface area (Å²) in [5.41, 5.74) is 1.25. The number of rotatable bonds is 9. The van der Waals surface area contributed by atoms with Gasteiger partial charge in [0.15, 0.2) is 0 Å². The van der Waals surface area contributed by atoms with Gasteiger partial charge in [0.2, 0.25) is 0 Å². The maximum absolute atomic E-state index is 13.2. The van der Waals surface area contributed by atoms with Crippen LogP contribution >= 0.6 is 11.6 Å². The summed E-state index contributed by atoms with van der Waals surface area (Å²) in [7, 11) is 0. The Balaban J connectivity index is 2.92. The Morgan fingerprint density at radius 2 is 2.00 bits per heavy atom. The Morgan fingerprint density at radius 1 is 1.29 bits per heavy atom. The van der Waals surface area contributed by atoms with Crippen LogP contribution in [0.5, 0.6) is 0 Å². The normalized spacial score (nSPS) is 14.4. The van der Waals surface area contributed by atoms with E-state index in [4.69, 9.17) is 11.6 Å². The fourth-order valence-electron chi connectivity index (χ4n) is 2.71. The molecular weight excluding hydrogens is 285 g/mol. The van der Waals surface area contributed by atoms with Gasteiger partial charge in [-0.3, -0.25) is 0 Å². The van der Waals surface area contributed by atoms with Crippen LogP contribution in [0.1, 0.15) is 58.9 Å². The van der Waals surface area contributed by atoms with Crippen molar-refractivity contribution >= 4 is 11.6 Å². The Hall–Kier alpha value is -0.600. The minimum Gasteiger partial charge on any atom is -0.314 e. The van der Waals surface area contributed by atoms with Crippen molar-refractivity contribution in [2.75, 3.05) is 6.54 Å². The van der Waals surface area contributed by atoms with E-state index >= 15 is 0 Å². The molecule has 0 heterocycles. The van der Waals surface area contributed by atoms with Crippen molar-refractivity contribution in [2.45, 2.75) is 65.8 Å². The van der Waals surface area contributed by atoms with Crippen LogP contribution in [0, 0.1) is 11.2 Å². The molecule has 0 aliphatic heterocycles. The van der Waals surface area contributed by atoms with Gasteiger partial charge in [0.05, 0.1) is 0 Å². The second-order valence-electron chi connectivity index (χ2n) is 6.41. The molecular formula is C18H29ClFN. The van der Waals surface area contributed by atoms with Gasteiger partial charge < -0.3 is 5.32 Å². The van der Waals surface area contributed by atoms with Gasteiger partial charge in [0.25, 0.3) is 0 Å². The average molecular weight is 314 g/mol. The van der Waals surface area contributed by atoms with Crippen LogP contribution in [0.2, 0.25) is 5.02 Å². The van der Waals surface area contributed by atoms with Crippen LogP contribution in [-0.4, -0.2) is 12.6 Å². The van der Waals surface area contributed by atoms with Crippen molar-refractivity contribution in [3.8, 4) is 0 Å². The van der Waals surface area contributed by atoms with Gasteiger partial charge in [-0.2, -0.15) is 0 Å². The fraction of sp³-hybridized carbons (Fsp3) is 0.667. The lowest BCUT2D eigenvalue weighted by Crippen LogP contribution is -2.39. The highest BCUT2D eigenvalue weighted by Gasteiger charge is 2.28. The molecule has 3 heteroatoms. The van der Waals surface area contributed by atoms with Crippen molar-refractivity contribution in [1.82, 2.24) is 5.32 Å². The number of nitrogens with one attached hydrogen (secondary N) is 1. The molecule has 0 saturated heterocycles. The number of hydrogen-bond donors (Lipinski definition) is 1. The first-order valence-electron chi connectivity index (χ1n) is 8.09. The van der Waals surface area contributed by atoms with Crippen molar-refractivity contribution in [3.63, 3.8) is 0 Å². The van der Waals surface area contributed by atoms with Gasteiger partial charge in [0.1, 0.15) is 5.82 Å². The first kappa shape index (κ1) is 18.4. The SMILES string of the molecule is CCCCC(CC)(CNC(C)C)Cc1ccc(F)cc1Cl. The van der Waals surface area contributed by atoms with E-state index in [9.17, 15) is 4.39 Å². The van der Waals surface area contributed by atoms with Crippen LogP contribution in [0.25, 0.3) is 0 Å². The lowest BCUT2D eigenvalue weighted by molar-refractivity contribution is 0.223. The number of halogens is 2. The molecule has 1 aromatic carbocycles. The van der Waals surface area contributed by atoms with Gasteiger partial charge in [0, 0.05) is 17.6 Å². The third-order valence-electron chi connectivity index (χ3n) is 4.28. The lowest BCUT2D eigenvalue weighted by Gasteiger charge is -2.35. The summed E-state index contributed by atoms with van der Waals surface area (Å²) in [6.45, 7) is 9.79. The van der Waals surface area contributed by atoms with Crippen LogP contribution in [0.3, 0.4) is 0 Å². The number of hydrogen-bond acceptors (Lipinski definition) is 1. The highest BCUT2D eigenvalue weighted by atomic mass is 35.5. The molecule has 1 nitrogen and oxygen atoms in total. The molecule has 0 spiro atoms. The first-order chi connectivity index (χ1) is 9.92. The van der Waals surface area contributed by atoms with Crippen molar-refractivity contribution in [2.24, 2.45) is 5.41 Å². The summed E-state index contributed by atoms with van der Waals surface area (Å²) in [6.07, 6.45) is 5.59. The molecule has 1 N–H and O–H groups in total. The number of benzene rings is 1. The largest absolute Gasteiger partial charge is 0.314 e. The van der Waals surface area contributed by atoms with Crippen LogP contribution in [0.15, 0.2) is 18.2 Å². The summed E-state index contributed by atoms with van der Waals surface area (Å²) in [5.74, 6) is -0.264. The molecule has 120 valence electrons. The molecule has 1 atom stereocenters. The summed E-state index contributed by atoms with van der Waals surface area (Å²) in [5, 5.41) is 4.13. The smallest absolute Gasteiger partial charge is 0.124 e. The third-order valence-corrected chi connectivity index (χ3v) is 4.63. The molecule has 0 saturated carbocycles. The summed E-state index contributed by atoms with van der Waals surface area (Å²) in [6, 6.07) is 5.24. The van der Waals surface area contributed by atoms with Crippen molar-refractivity contribution in [1.29, 1.82) is 0 Å². The van der Waals surface area contributed by atoms with E-state index < -0.39 is 0 Å². The molecule has 1 unspecified atom stereocenters. The van der Waals surface area contributed by atoms with Gasteiger partial charge in [-0.25, -0.2) is 4.39 Å². The average Bonchev–Trinajstić information content (AvgIpc) is 2.44. The molecule has 1 aromatic rings. The monoisotopic (exact) mass is 313 g/mol. The van der Waals surface area contributed by atoms with Crippen molar-refractivity contribution in [3.05, 3.63) is 34.6 Å². The topological polar surface area (TPSA) is 12.0 Å². The van der Waals surface area contributed by atoms with Crippen LogP contribution in [-0.2, 0) is 6.42 Å². The zero-order valence-electron chi connectivity index (χ0n) is 13.8. The lowest BCUT2D eigenvalue weighted by atomic mass is 9.75. The minimum absolute atomic E-state index is 0.196. The Bertz CT molecular complexity index is 433. The molecule has 0 fully saturated rings. The summed E-state index contributed by atoms with van der Waals surface area (Å²) in [4.78, 5) is 0. The van der Waals surface area contributed by atoms with Gasteiger partial charge in [-0.15, -0.1) is 0 Å². The molecule has 0 aliphatic carbocycles. The van der Waals surface area contributed by atoms with E-state index in [1.54, 1.807) is 0 Å². The fourth-order valence-corrected chi connectivity index (χ4v) is 2.94. The van der Waals surface area contributed by atoms with Crippen molar-refractivity contribution < 1.29 is 4.39 Å². The molecule has 0 radical (unpaired) electrons. The van der Waals surface area contributed by atoms with Gasteiger partial charge in [-0.05, 0) is 42.4 Å². The third kappa shape index (κ3) is 5.96. The van der Waals surface area contributed by atoms with E-state index in [1.165, 1.54) is 31.4 Å². The minimum atomic E-state index is -0.264. The second-order valence-corrected chi connectivity index (χ2v) is 6.81. The van der Waals surface area contributed by atoms with E-state index in [0.717, 1.165) is 24.9 Å². The molecule has 0 amide bonds. The van der Waals surface area contributed by atoms with E-state index in [1.807, 2.05) is 6.07 Å². The van der Waals surface area contributed by atoms with Crippen LogP contribution < -0.4 is 5.32 Å². The van der Waals surface area contributed by atoms with E-state index in [2.05, 4.69) is 33.0 Å². The maximum atomic E-state index is 13.2. The predicted molar refractivity (Wildman–Crippen MR) is 90.5 cm³/mol. The highest BCUT2D eigenvalue weighted by Crippen LogP contribution is 2.35. The van der Waals surface area contributed by atoms with E-state index in [-0.39, 0.29) is 11.2 Å². The van der Waals surface area contributed by atoms with Crippen LogP contribution in [0.4, 0.5) is 4.39 Å². The molecule has 0 aliphatic rings. The molecule has 0 bridgehead atoms. The van der Waals surface area contributed by atoms with Gasteiger partial charge >= 0.3 is 0 Å². The first-order valence-corrected chi connectivity index (χ1v) is 8.47. The Kier molecular flexibility index (Phi) is 7.69. The summed E-state index contributed by atoms with van der Waals surface area (Å²) >= 11 is 6.23. The van der Waals surface area contributed by atoms with E-state index in [0.29, 0.717) is 11.1 Å². The molecule has 1 rings (SSSR count). The molecule has 0 aromatic heterocycles. The molecule has 21 heavy (non-hydrogen) atoms. The Labute approximate surface area is 134 Å². The zero-order chi connectivity index (χ0) is 15.9. The zero-order valence-corrected chi connectivity index (χ0v) is 14.6. The van der Waals surface area contributed by atoms with Gasteiger partial charge in [-0.1, -0.05) is 58.2 Å². The predicted octanol–water partition coefficient (Wildman–Crippen LogP) is 5.61. The highest BCUT2D eigenvalue weighted by molar-refractivity contribution is 6.31. The quantitative estimate of drug-likeness (QED) is 0.625. The second kappa shape index (κ2) is 8.75. The number of unbranched alkanes of at least 4 members (excludes halogenated alkanes) is 1. The standard InChI is InChI=1S/C18H29ClFN/c1-5-7-10-18(6-2,13-21-14(3)4)12-15-8-9-16(20)11-17(15)19/h8-9,11,14,21H,5-7,10,12-13H2,1-4H3. The summed E-state index contributed by atoms with van der Waals surface area (Å²) < 4.78 is 13.2.